The number of amides is 2. The number of urea groups is 1. The molecule has 1 aromatic heterocycles. The number of anilines is 1. The zero-order valence-electron chi connectivity index (χ0n) is 15.4. The molecule has 2 aromatic carbocycles. The number of rotatable bonds is 4. The standard InChI is InChI=1S/C20H18N4O5/c25-20(23-9-11-28-12-10-23)22-19-13-14(7-8-21-19)29-18-6-5-17(24(26)27)15-3-1-2-4-16(15)18/h1-8,13H,9-12H2,(H,21,22,25). The number of fused-ring (bicyclic) bond motifs is 1. The van der Waals surface area contributed by atoms with Gasteiger partial charge in [-0.05, 0) is 18.2 Å². The number of nitrogens with zero attached hydrogens (tertiary/aromatic N) is 3. The van der Waals surface area contributed by atoms with E-state index in [0.29, 0.717) is 54.4 Å². The third-order valence-corrected chi connectivity index (χ3v) is 4.55. The normalized spacial score (nSPS) is 13.9. The van der Waals surface area contributed by atoms with Crippen molar-refractivity contribution in [2.75, 3.05) is 31.6 Å². The number of pyridine rings is 1. The molecule has 0 bridgehead atoms. The van der Waals surface area contributed by atoms with Gasteiger partial charge < -0.3 is 14.4 Å². The fourth-order valence-electron chi connectivity index (χ4n) is 3.13. The Bertz CT molecular complexity index is 1070. The van der Waals surface area contributed by atoms with E-state index in [2.05, 4.69) is 10.3 Å². The monoisotopic (exact) mass is 394 g/mol. The fourth-order valence-corrected chi connectivity index (χ4v) is 3.13. The molecule has 2 heterocycles. The topological polar surface area (TPSA) is 107 Å². The first kappa shape index (κ1) is 18.6. The number of hydrogen-bond acceptors (Lipinski definition) is 6. The smallest absolute Gasteiger partial charge is 0.323 e. The van der Waals surface area contributed by atoms with E-state index in [9.17, 15) is 14.9 Å². The third-order valence-electron chi connectivity index (χ3n) is 4.55. The second-order valence-electron chi connectivity index (χ2n) is 6.39. The minimum Gasteiger partial charge on any atom is -0.457 e. The van der Waals surface area contributed by atoms with Crippen LogP contribution >= 0.6 is 0 Å². The van der Waals surface area contributed by atoms with Gasteiger partial charge in [-0.25, -0.2) is 9.78 Å². The fraction of sp³-hybridized carbons (Fsp3) is 0.200. The van der Waals surface area contributed by atoms with Crippen LogP contribution in [0.25, 0.3) is 10.8 Å². The molecule has 1 fully saturated rings. The minimum atomic E-state index is -0.419. The number of nitro groups is 1. The predicted molar refractivity (Wildman–Crippen MR) is 106 cm³/mol. The second-order valence-corrected chi connectivity index (χ2v) is 6.39. The summed E-state index contributed by atoms with van der Waals surface area (Å²) in [5.74, 6) is 1.28. The first-order valence-corrected chi connectivity index (χ1v) is 9.05. The highest BCUT2D eigenvalue weighted by molar-refractivity contribution is 5.95. The zero-order valence-corrected chi connectivity index (χ0v) is 15.4. The summed E-state index contributed by atoms with van der Waals surface area (Å²) in [6, 6.07) is 13.0. The summed E-state index contributed by atoms with van der Waals surface area (Å²) in [5, 5.41) is 15.1. The van der Waals surface area contributed by atoms with Crippen molar-refractivity contribution in [3.05, 3.63) is 64.8 Å². The van der Waals surface area contributed by atoms with Gasteiger partial charge in [0.05, 0.1) is 23.5 Å². The van der Waals surface area contributed by atoms with Gasteiger partial charge in [0.1, 0.15) is 17.3 Å². The van der Waals surface area contributed by atoms with Gasteiger partial charge in [0.25, 0.3) is 5.69 Å². The maximum Gasteiger partial charge on any atom is 0.323 e. The molecule has 1 aliphatic heterocycles. The minimum absolute atomic E-state index is 0.0149. The molecule has 0 spiro atoms. The molecular weight excluding hydrogens is 376 g/mol. The van der Waals surface area contributed by atoms with Crippen LogP contribution in [0.4, 0.5) is 16.3 Å². The third kappa shape index (κ3) is 4.09. The zero-order chi connectivity index (χ0) is 20.2. The second kappa shape index (κ2) is 8.11. The maximum absolute atomic E-state index is 12.3. The molecule has 29 heavy (non-hydrogen) atoms. The average Bonchev–Trinajstić information content (AvgIpc) is 2.74. The quantitative estimate of drug-likeness (QED) is 0.533. The van der Waals surface area contributed by atoms with Crippen molar-refractivity contribution in [1.82, 2.24) is 9.88 Å². The van der Waals surface area contributed by atoms with E-state index in [1.54, 1.807) is 47.4 Å². The van der Waals surface area contributed by atoms with Crippen LogP contribution < -0.4 is 10.1 Å². The highest BCUT2D eigenvalue weighted by atomic mass is 16.6. The number of nitro benzene ring substituents is 1. The highest BCUT2D eigenvalue weighted by Gasteiger charge is 2.18. The summed E-state index contributed by atoms with van der Waals surface area (Å²) in [4.78, 5) is 29.0. The first-order valence-electron chi connectivity index (χ1n) is 9.05. The molecule has 1 aliphatic rings. The Morgan fingerprint density at radius 1 is 1.14 bits per heavy atom. The summed E-state index contributed by atoms with van der Waals surface area (Å²) in [7, 11) is 0. The number of aromatic nitrogens is 1. The van der Waals surface area contributed by atoms with Gasteiger partial charge in [0, 0.05) is 36.8 Å². The van der Waals surface area contributed by atoms with Crippen LogP contribution in [0.5, 0.6) is 11.5 Å². The van der Waals surface area contributed by atoms with Crippen LogP contribution in [0, 0.1) is 10.1 Å². The summed E-state index contributed by atoms with van der Waals surface area (Å²) in [6.07, 6.45) is 1.53. The molecule has 0 saturated carbocycles. The van der Waals surface area contributed by atoms with E-state index < -0.39 is 4.92 Å². The maximum atomic E-state index is 12.3. The molecular formula is C20H18N4O5. The number of carbonyl (C=O) groups is 1. The Labute approximate surface area is 166 Å². The molecule has 9 heteroatoms. The van der Waals surface area contributed by atoms with Crippen LogP contribution in [0.3, 0.4) is 0 Å². The van der Waals surface area contributed by atoms with Gasteiger partial charge in [-0.1, -0.05) is 18.2 Å². The molecule has 3 aromatic rings. The van der Waals surface area contributed by atoms with Crippen molar-refractivity contribution in [2.45, 2.75) is 0 Å². The summed E-state index contributed by atoms with van der Waals surface area (Å²) < 4.78 is 11.2. The number of benzene rings is 2. The average molecular weight is 394 g/mol. The lowest BCUT2D eigenvalue weighted by Crippen LogP contribution is -2.43. The summed E-state index contributed by atoms with van der Waals surface area (Å²) in [6.45, 7) is 2.07. The highest BCUT2D eigenvalue weighted by Crippen LogP contribution is 2.35. The molecule has 1 saturated heterocycles. The number of ether oxygens (including phenoxy) is 2. The molecule has 2 amide bonds. The molecule has 4 rings (SSSR count). The van der Waals surface area contributed by atoms with Crippen LogP contribution in [0.15, 0.2) is 54.7 Å². The Morgan fingerprint density at radius 3 is 2.66 bits per heavy atom. The van der Waals surface area contributed by atoms with E-state index in [4.69, 9.17) is 9.47 Å². The van der Waals surface area contributed by atoms with Gasteiger partial charge in [-0.3, -0.25) is 15.4 Å². The van der Waals surface area contributed by atoms with Gasteiger partial charge in [0.15, 0.2) is 0 Å². The lowest BCUT2D eigenvalue weighted by Gasteiger charge is -2.26. The SMILES string of the molecule is O=C(Nc1cc(Oc2ccc([N+](=O)[O-])c3ccccc23)ccn1)N1CCOCC1. The summed E-state index contributed by atoms with van der Waals surface area (Å²) in [5.41, 5.74) is 0.0149. The number of hydrogen-bond donors (Lipinski definition) is 1. The Balaban J connectivity index is 1.56. The molecule has 1 N–H and O–H groups in total. The van der Waals surface area contributed by atoms with Crippen molar-refractivity contribution < 1.29 is 19.2 Å². The van der Waals surface area contributed by atoms with E-state index >= 15 is 0 Å². The Hall–Kier alpha value is -3.72. The van der Waals surface area contributed by atoms with Crippen molar-refractivity contribution in [1.29, 1.82) is 0 Å². The van der Waals surface area contributed by atoms with Crippen LogP contribution in [0.2, 0.25) is 0 Å². The van der Waals surface area contributed by atoms with Gasteiger partial charge in [-0.15, -0.1) is 0 Å². The number of morpholine rings is 1. The predicted octanol–water partition coefficient (Wildman–Crippen LogP) is 3.80. The van der Waals surface area contributed by atoms with Crippen LogP contribution in [0.1, 0.15) is 0 Å². The van der Waals surface area contributed by atoms with Crippen LogP contribution in [-0.4, -0.2) is 47.1 Å². The molecule has 9 nitrogen and oxygen atoms in total. The largest absolute Gasteiger partial charge is 0.457 e. The first-order chi connectivity index (χ1) is 14.1. The summed E-state index contributed by atoms with van der Waals surface area (Å²) >= 11 is 0. The molecule has 0 unspecified atom stereocenters. The number of non-ortho nitro benzene ring substituents is 1. The molecule has 0 aliphatic carbocycles. The van der Waals surface area contributed by atoms with E-state index in [1.807, 2.05) is 0 Å². The molecule has 148 valence electrons. The van der Waals surface area contributed by atoms with E-state index in [1.165, 1.54) is 12.3 Å². The van der Waals surface area contributed by atoms with Crippen molar-refractivity contribution in [3.8, 4) is 11.5 Å². The van der Waals surface area contributed by atoms with Crippen molar-refractivity contribution >= 4 is 28.3 Å². The van der Waals surface area contributed by atoms with Crippen molar-refractivity contribution in [2.24, 2.45) is 0 Å². The number of nitrogens with one attached hydrogen (secondary N) is 1. The number of carbonyl (C=O) groups excluding carboxylic acids is 1. The van der Waals surface area contributed by atoms with E-state index in [0.717, 1.165) is 0 Å². The lowest BCUT2D eigenvalue weighted by molar-refractivity contribution is -0.383. The Kier molecular flexibility index (Phi) is 5.21. The van der Waals surface area contributed by atoms with Gasteiger partial charge in [0.2, 0.25) is 0 Å². The molecule has 0 radical (unpaired) electrons. The van der Waals surface area contributed by atoms with E-state index in [-0.39, 0.29) is 11.7 Å². The molecule has 0 atom stereocenters. The van der Waals surface area contributed by atoms with Crippen LogP contribution in [-0.2, 0) is 4.74 Å². The van der Waals surface area contributed by atoms with Gasteiger partial charge >= 0.3 is 6.03 Å². The van der Waals surface area contributed by atoms with Gasteiger partial charge in [-0.2, -0.15) is 0 Å². The Morgan fingerprint density at radius 2 is 1.90 bits per heavy atom. The lowest BCUT2D eigenvalue weighted by atomic mass is 10.1. The van der Waals surface area contributed by atoms with Crippen molar-refractivity contribution in [3.63, 3.8) is 0 Å².